The summed E-state index contributed by atoms with van der Waals surface area (Å²) < 4.78 is 30.8. The van der Waals surface area contributed by atoms with Gasteiger partial charge in [-0.25, -0.2) is 4.68 Å². The highest BCUT2D eigenvalue weighted by Gasteiger charge is 2.51. The van der Waals surface area contributed by atoms with Crippen molar-refractivity contribution in [2.24, 2.45) is 0 Å². The number of hydrogen-bond acceptors (Lipinski definition) is 15. The molecular formula is C44H73N3O13. The minimum atomic E-state index is -1.77. The summed E-state index contributed by atoms with van der Waals surface area (Å²) in [6.45, 7) is 7.00. The van der Waals surface area contributed by atoms with Crippen molar-refractivity contribution < 1.29 is 64.5 Å². The smallest absolute Gasteiger partial charge is 0.187 e. The summed E-state index contributed by atoms with van der Waals surface area (Å²) in [4.78, 5) is 0. The Morgan fingerprint density at radius 1 is 0.750 bits per heavy atom. The average Bonchev–Trinajstić information content (AvgIpc) is 3.70. The molecule has 16 heteroatoms. The molecule has 0 saturated carbocycles. The number of benzene rings is 1. The SMILES string of the molecule is CCCCCCCCCCCCCCCCC1(C)CCc2c(Cn3cc(CO[C@@H]4O[C@H](CO)[C@@H](O[C@@H]5O[C@H](CO)[C@H](O)[C@H](O)[C@H]5O)[C@H](O)[C@H]4O)nn3)c(O)c(C)c(C)c2O1. The normalized spacial score (nSPS) is 30.6. The average molecular weight is 852 g/mol. The molecule has 0 amide bonds. The Labute approximate surface area is 354 Å². The molecular weight excluding hydrogens is 778 g/mol. The Bertz CT molecular complexity index is 1590. The van der Waals surface area contributed by atoms with Crippen LogP contribution in [0.5, 0.6) is 11.5 Å². The first-order chi connectivity index (χ1) is 28.8. The van der Waals surface area contributed by atoms with E-state index in [0.29, 0.717) is 5.69 Å². The molecule has 1 unspecified atom stereocenters. The number of aromatic hydroxyl groups is 1. The van der Waals surface area contributed by atoms with Gasteiger partial charge in [-0.05, 0) is 57.6 Å². The van der Waals surface area contributed by atoms with Crippen LogP contribution in [0.4, 0.5) is 0 Å². The Kier molecular flexibility index (Phi) is 18.8. The van der Waals surface area contributed by atoms with E-state index in [9.17, 15) is 40.9 Å². The van der Waals surface area contributed by atoms with Gasteiger partial charge in [0.25, 0.3) is 0 Å². The maximum atomic E-state index is 11.3. The molecule has 5 rings (SSSR count). The third kappa shape index (κ3) is 12.4. The van der Waals surface area contributed by atoms with Crippen molar-refractivity contribution in [3.8, 4) is 11.5 Å². The topological polar surface area (TPSA) is 239 Å². The summed E-state index contributed by atoms with van der Waals surface area (Å²) in [6, 6.07) is 0. The molecule has 0 spiro atoms. The number of phenolic OH excluding ortho intramolecular Hbond substituents is 1. The minimum absolute atomic E-state index is 0.192. The number of nitrogens with zero attached hydrogens (tertiary/aromatic N) is 3. The van der Waals surface area contributed by atoms with Gasteiger partial charge in [0.05, 0.1) is 32.6 Å². The zero-order valence-electron chi connectivity index (χ0n) is 36.2. The van der Waals surface area contributed by atoms with Crippen molar-refractivity contribution in [3.05, 3.63) is 34.1 Å². The minimum Gasteiger partial charge on any atom is -0.507 e. The van der Waals surface area contributed by atoms with Gasteiger partial charge in [-0.15, -0.1) is 5.10 Å². The van der Waals surface area contributed by atoms with Crippen LogP contribution in [-0.2, 0) is 38.5 Å². The lowest BCUT2D eigenvalue weighted by Crippen LogP contribution is -2.64. The first-order valence-electron chi connectivity index (χ1n) is 22.4. The molecule has 1 aromatic heterocycles. The summed E-state index contributed by atoms with van der Waals surface area (Å²) in [5.74, 6) is 1.03. The molecule has 3 aliphatic heterocycles. The molecule has 0 radical (unpaired) electrons. The van der Waals surface area contributed by atoms with E-state index in [0.717, 1.165) is 53.7 Å². The lowest BCUT2D eigenvalue weighted by Gasteiger charge is -2.45. The molecule has 3 aliphatic rings. The highest BCUT2D eigenvalue weighted by atomic mass is 16.7. The van der Waals surface area contributed by atoms with Gasteiger partial charge in [0.2, 0.25) is 0 Å². The Hall–Kier alpha value is -2.48. The second-order valence-corrected chi connectivity index (χ2v) is 17.5. The number of ether oxygens (including phenoxy) is 5. The van der Waals surface area contributed by atoms with Gasteiger partial charge in [0.15, 0.2) is 12.6 Å². The van der Waals surface area contributed by atoms with E-state index in [1.807, 2.05) is 13.8 Å². The number of hydrogen-bond donors (Lipinski definition) is 8. The molecule has 2 saturated heterocycles. The van der Waals surface area contributed by atoms with Crippen LogP contribution in [0.15, 0.2) is 6.20 Å². The van der Waals surface area contributed by atoms with Gasteiger partial charge in [-0.1, -0.05) is 95.6 Å². The van der Waals surface area contributed by atoms with Crippen LogP contribution >= 0.6 is 0 Å². The Morgan fingerprint density at radius 3 is 1.95 bits per heavy atom. The van der Waals surface area contributed by atoms with Gasteiger partial charge in [0.1, 0.15) is 71.6 Å². The van der Waals surface area contributed by atoms with Crippen molar-refractivity contribution in [1.29, 1.82) is 0 Å². The van der Waals surface area contributed by atoms with Crippen LogP contribution < -0.4 is 4.74 Å². The van der Waals surface area contributed by atoms with Crippen molar-refractivity contribution in [2.45, 2.75) is 217 Å². The zero-order chi connectivity index (χ0) is 43.4. The van der Waals surface area contributed by atoms with E-state index in [1.165, 1.54) is 83.5 Å². The zero-order valence-corrected chi connectivity index (χ0v) is 36.2. The number of aliphatic hydroxyl groups is 7. The second kappa shape index (κ2) is 23.3. The molecule has 1 aromatic carbocycles. The van der Waals surface area contributed by atoms with Crippen LogP contribution in [0.2, 0.25) is 0 Å². The number of rotatable bonds is 24. The standard InChI is InChI=1S/C44H73N3O13/c1-5-6-7-8-9-10-11-12-13-14-15-16-17-18-20-44(4)21-19-30-31(34(50)27(2)28(3)40(30)60-44)23-47-22-29(45-46-47)26-56-42-39(55)37(53)41(33(25-49)58-42)59-43-38(54)36(52)35(51)32(24-48)57-43/h22,32-33,35-39,41-43,48-55H,5-21,23-26H2,1-4H3/t32-,33-,35+,36+,37-,38-,39-,41-,42-,43+,44?/m1/s1. The van der Waals surface area contributed by atoms with Crippen LogP contribution in [0.25, 0.3) is 0 Å². The highest BCUT2D eigenvalue weighted by Crippen LogP contribution is 2.45. The molecule has 8 N–H and O–H groups in total. The number of fused-ring (bicyclic) bond motifs is 1. The quantitative estimate of drug-likeness (QED) is 0.0703. The second-order valence-electron chi connectivity index (χ2n) is 17.5. The first kappa shape index (κ1) is 48.6. The molecule has 2 aromatic rings. The largest absolute Gasteiger partial charge is 0.507 e. The van der Waals surface area contributed by atoms with Crippen LogP contribution in [0.3, 0.4) is 0 Å². The molecule has 60 heavy (non-hydrogen) atoms. The van der Waals surface area contributed by atoms with Gasteiger partial charge in [-0.3, -0.25) is 0 Å². The third-order valence-corrected chi connectivity index (χ3v) is 12.8. The van der Waals surface area contributed by atoms with E-state index < -0.39 is 74.6 Å². The van der Waals surface area contributed by atoms with E-state index in [2.05, 4.69) is 24.2 Å². The molecule has 16 nitrogen and oxygen atoms in total. The summed E-state index contributed by atoms with van der Waals surface area (Å²) in [5, 5.41) is 91.7. The molecule has 0 bridgehead atoms. The predicted octanol–water partition coefficient (Wildman–Crippen LogP) is 3.74. The van der Waals surface area contributed by atoms with E-state index in [1.54, 1.807) is 10.9 Å². The summed E-state index contributed by atoms with van der Waals surface area (Å²) in [5.41, 5.74) is 3.45. The van der Waals surface area contributed by atoms with Gasteiger partial charge < -0.3 is 64.5 Å². The van der Waals surface area contributed by atoms with Crippen molar-refractivity contribution in [2.75, 3.05) is 13.2 Å². The van der Waals surface area contributed by atoms with Crippen molar-refractivity contribution in [3.63, 3.8) is 0 Å². The maximum absolute atomic E-state index is 11.3. The van der Waals surface area contributed by atoms with Crippen molar-refractivity contribution in [1.82, 2.24) is 15.0 Å². The van der Waals surface area contributed by atoms with Crippen LogP contribution in [-0.4, -0.2) is 136 Å². The van der Waals surface area contributed by atoms with Gasteiger partial charge in [-0.2, -0.15) is 0 Å². The number of aromatic nitrogens is 3. The predicted molar refractivity (Wildman–Crippen MR) is 220 cm³/mol. The molecule has 11 atom stereocenters. The Morgan fingerprint density at radius 2 is 1.33 bits per heavy atom. The summed E-state index contributed by atoms with van der Waals surface area (Å²) >= 11 is 0. The number of phenols is 1. The number of unbranched alkanes of at least 4 members (excludes halogenated alkanes) is 13. The van der Waals surface area contributed by atoms with Crippen LogP contribution in [0.1, 0.15) is 145 Å². The monoisotopic (exact) mass is 852 g/mol. The van der Waals surface area contributed by atoms with E-state index in [4.69, 9.17) is 23.7 Å². The summed E-state index contributed by atoms with van der Waals surface area (Å²) in [7, 11) is 0. The fourth-order valence-corrected chi connectivity index (χ4v) is 8.71. The van der Waals surface area contributed by atoms with Gasteiger partial charge >= 0.3 is 0 Å². The van der Waals surface area contributed by atoms with E-state index >= 15 is 0 Å². The van der Waals surface area contributed by atoms with Crippen LogP contribution in [0, 0.1) is 13.8 Å². The molecule has 2 fully saturated rings. The van der Waals surface area contributed by atoms with Gasteiger partial charge in [0, 0.05) is 11.1 Å². The lowest BCUT2D eigenvalue weighted by atomic mass is 9.84. The molecule has 342 valence electrons. The Balaban J connectivity index is 1.09. The number of aliphatic hydroxyl groups excluding tert-OH is 7. The fraction of sp³-hybridized carbons (Fsp3) is 0.818. The third-order valence-electron chi connectivity index (χ3n) is 12.8. The van der Waals surface area contributed by atoms with E-state index in [-0.39, 0.29) is 24.5 Å². The summed E-state index contributed by atoms with van der Waals surface area (Å²) in [6.07, 6.45) is 7.20. The lowest BCUT2D eigenvalue weighted by molar-refractivity contribution is -0.360. The highest BCUT2D eigenvalue weighted by molar-refractivity contribution is 5.59. The fourth-order valence-electron chi connectivity index (χ4n) is 8.71. The maximum Gasteiger partial charge on any atom is 0.187 e. The molecule has 4 heterocycles. The molecule has 0 aliphatic carbocycles. The first-order valence-corrected chi connectivity index (χ1v) is 22.4. The van der Waals surface area contributed by atoms with Crippen molar-refractivity contribution >= 4 is 0 Å².